The van der Waals surface area contributed by atoms with E-state index in [1.165, 1.54) is 6.20 Å². The van der Waals surface area contributed by atoms with Crippen LogP contribution < -0.4 is 9.47 Å². The average Bonchev–Trinajstić information content (AvgIpc) is 2.56. The number of rotatable bonds is 8. The third-order valence-corrected chi connectivity index (χ3v) is 3.70. The van der Waals surface area contributed by atoms with Crippen LogP contribution >= 0.6 is 11.6 Å². The Labute approximate surface area is 140 Å². The van der Waals surface area contributed by atoms with Crippen molar-refractivity contribution in [2.24, 2.45) is 0 Å². The highest BCUT2D eigenvalue weighted by atomic mass is 35.5. The standard InChI is InChI=1S/C17H19ClN2O3/c1-3-4-5-22-15-8-13-14(9-16(15)23-7-6-21-2)20-11-12(10-19)17(13)18/h8-9,11H,3-7H2,1-2H3. The fourth-order valence-electron chi connectivity index (χ4n) is 2.03. The summed E-state index contributed by atoms with van der Waals surface area (Å²) in [5, 5.41) is 10.1. The molecular formula is C17H19ClN2O3. The minimum atomic E-state index is 0.340. The molecule has 0 saturated carbocycles. The van der Waals surface area contributed by atoms with Crippen molar-refractivity contribution in [3.63, 3.8) is 0 Å². The van der Waals surface area contributed by atoms with Gasteiger partial charge in [-0.3, -0.25) is 4.98 Å². The minimum Gasteiger partial charge on any atom is -0.490 e. The molecule has 1 heterocycles. The molecule has 0 spiro atoms. The predicted molar refractivity (Wildman–Crippen MR) is 89.2 cm³/mol. The summed E-state index contributed by atoms with van der Waals surface area (Å²) < 4.78 is 16.5. The number of benzene rings is 1. The number of halogens is 1. The monoisotopic (exact) mass is 334 g/mol. The molecule has 122 valence electrons. The molecule has 23 heavy (non-hydrogen) atoms. The lowest BCUT2D eigenvalue weighted by atomic mass is 10.1. The zero-order valence-electron chi connectivity index (χ0n) is 13.3. The van der Waals surface area contributed by atoms with Crippen molar-refractivity contribution in [3.8, 4) is 17.6 Å². The first-order valence-corrected chi connectivity index (χ1v) is 7.86. The lowest BCUT2D eigenvalue weighted by molar-refractivity contribution is 0.143. The summed E-state index contributed by atoms with van der Waals surface area (Å²) in [5.41, 5.74) is 0.996. The Morgan fingerprint density at radius 3 is 2.61 bits per heavy atom. The molecule has 5 nitrogen and oxygen atoms in total. The van der Waals surface area contributed by atoms with Crippen LogP contribution in [0.25, 0.3) is 10.9 Å². The smallest absolute Gasteiger partial charge is 0.163 e. The molecule has 0 aliphatic rings. The fourth-order valence-corrected chi connectivity index (χ4v) is 2.28. The van der Waals surface area contributed by atoms with Crippen LogP contribution in [0, 0.1) is 11.3 Å². The topological polar surface area (TPSA) is 64.4 Å². The molecule has 2 aromatic rings. The van der Waals surface area contributed by atoms with Gasteiger partial charge < -0.3 is 14.2 Å². The molecule has 0 saturated heterocycles. The zero-order chi connectivity index (χ0) is 16.7. The maximum Gasteiger partial charge on any atom is 0.163 e. The van der Waals surface area contributed by atoms with Crippen LogP contribution in [-0.2, 0) is 4.74 Å². The summed E-state index contributed by atoms with van der Waals surface area (Å²) in [7, 11) is 1.62. The van der Waals surface area contributed by atoms with Gasteiger partial charge >= 0.3 is 0 Å². The van der Waals surface area contributed by atoms with Crippen molar-refractivity contribution in [3.05, 3.63) is 28.9 Å². The van der Waals surface area contributed by atoms with Gasteiger partial charge in [-0.2, -0.15) is 5.26 Å². The number of methoxy groups -OCH3 is 1. The lowest BCUT2D eigenvalue weighted by Gasteiger charge is -2.14. The highest BCUT2D eigenvalue weighted by molar-refractivity contribution is 6.36. The summed E-state index contributed by atoms with van der Waals surface area (Å²) in [4.78, 5) is 4.27. The van der Waals surface area contributed by atoms with Crippen molar-refractivity contribution in [1.82, 2.24) is 4.98 Å². The maximum atomic E-state index is 9.07. The van der Waals surface area contributed by atoms with E-state index in [4.69, 9.17) is 31.1 Å². The first-order chi connectivity index (χ1) is 11.2. The van der Waals surface area contributed by atoms with Gasteiger partial charge in [0.05, 0.1) is 29.3 Å². The molecular weight excluding hydrogens is 316 g/mol. The van der Waals surface area contributed by atoms with Crippen LogP contribution in [0.1, 0.15) is 25.3 Å². The van der Waals surface area contributed by atoms with Gasteiger partial charge in [-0.15, -0.1) is 0 Å². The molecule has 0 unspecified atom stereocenters. The van der Waals surface area contributed by atoms with E-state index in [0.717, 1.165) is 12.8 Å². The van der Waals surface area contributed by atoms with Crippen LogP contribution in [0.5, 0.6) is 11.5 Å². The molecule has 0 N–H and O–H groups in total. The molecule has 0 aliphatic heterocycles. The van der Waals surface area contributed by atoms with E-state index < -0.39 is 0 Å². The van der Waals surface area contributed by atoms with Crippen LogP contribution in [0.3, 0.4) is 0 Å². The number of aromatic nitrogens is 1. The third-order valence-electron chi connectivity index (χ3n) is 3.29. The Hall–Kier alpha value is -2.03. The Morgan fingerprint density at radius 1 is 1.17 bits per heavy atom. The van der Waals surface area contributed by atoms with Gasteiger partial charge in [0.1, 0.15) is 12.7 Å². The van der Waals surface area contributed by atoms with Crippen molar-refractivity contribution >= 4 is 22.5 Å². The van der Waals surface area contributed by atoms with Gasteiger partial charge in [0.15, 0.2) is 11.5 Å². The number of unbranched alkanes of at least 4 members (excludes halogenated alkanes) is 1. The molecule has 0 aliphatic carbocycles. The molecule has 2 rings (SSSR count). The van der Waals surface area contributed by atoms with Gasteiger partial charge in [0.2, 0.25) is 0 Å². The highest BCUT2D eigenvalue weighted by Gasteiger charge is 2.13. The molecule has 1 aromatic heterocycles. The van der Waals surface area contributed by atoms with Crippen molar-refractivity contribution in [1.29, 1.82) is 5.26 Å². The van der Waals surface area contributed by atoms with Crippen molar-refractivity contribution in [2.75, 3.05) is 26.9 Å². The number of pyridine rings is 1. The van der Waals surface area contributed by atoms with E-state index in [2.05, 4.69) is 11.9 Å². The minimum absolute atomic E-state index is 0.340. The number of nitrogens with zero attached hydrogens (tertiary/aromatic N) is 2. The van der Waals surface area contributed by atoms with Crippen molar-refractivity contribution < 1.29 is 14.2 Å². The Balaban J connectivity index is 2.40. The van der Waals surface area contributed by atoms with Crippen molar-refractivity contribution in [2.45, 2.75) is 19.8 Å². The summed E-state index contributed by atoms with van der Waals surface area (Å²) >= 11 is 6.28. The highest BCUT2D eigenvalue weighted by Crippen LogP contribution is 2.36. The van der Waals surface area contributed by atoms with Gasteiger partial charge in [-0.1, -0.05) is 24.9 Å². The van der Waals surface area contributed by atoms with E-state index in [9.17, 15) is 0 Å². The van der Waals surface area contributed by atoms with Crippen LogP contribution in [0.4, 0.5) is 0 Å². The molecule has 0 bridgehead atoms. The van der Waals surface area contributed by atoms with Gasteiger partial charge in [0, 0.05) is 24.8 Å². The number of nitriles is 1. The summed E-state index contributed by atoms with van der Waals surface area (Å²) in [6.07, 6.45) is 3.44. The summed E-state index contributed by atoms with van der Waals surface area (Å²) in [6, 6.07) is 5.59. The van der Waals surface area contributed by atoms with Gasteiger partial charge in [-0.05, 0) is 12.5 Å². The molecule has 6 heteroatoms. The summed E-state index contributed by atoms with van der Waals surface area (Å²) in [6.45, 7) is 3.58. The van der Waals surface area contributed by atoms with Crippen LogP contribution in [0.15, 0.2) is 18.3 Å². The fraction of sp³-hybridized carbons (Fsp3) is 0.412. The number of hydrogen-bond acceptors (Lipinski definition) is 5. The average molecular weight is 335 g/mol. The van der Waals surface area contributed by atoms with E-state index in [-0.39, 0.29) is 0 Å². The Morgan fingerprint density at radius 2 is 1.91 bits per heavy atom. The SMILES string of the molecule is CCCCOc1cc2c(Cl)c(C#N)cnc2cc1OCCOC. The largest absolute Gasteiger partial charge is 0.490 e. The number of ether oxygens (including phenoxy) is 3. The Kier molecular flexibility index (Phi) is 6.45. The predicted octanol–water partition coefficient (Wildman–Crippen LogP) is 3.96. The first-order valence-electron chi connectivity index (χ1n) is 7.48. The van der Waals surface area contributed by atoms with Crippen LogP contribution in [0.2, 0.25) is 5.02 Å². The van der Waals surface area contributed by atoms with Gasteiger partial charge in [-0.25, -0.2) is 0 Å². The molecule has 0 amide bonds. The quantitative estimate of drug-likeness (QED) is 0.683. The summed E-state index contributed by atoms with van der Waals surface area (Å²) in [5.74, 6) is 1.19. The third kappa shape index (κ3) is 4.25. The number of hydrogen-bond donors (Lipinski definition) is 0. The van der Waals surface area contributed by atoms with E-state index in [1.54, 1.807) is 19.2 Å². The van der Waals surface area contributed by atoms with E-state index in [1.807, 2.05) is 6.07 Å². The lowest BCUT2D eigenvalue weighted by Crippen LogP contribution is -2.06. The second-order valence-corrected chi connectivity index (χ2v) is 5.33. The first kappa shape index (κ1) is 17.3. The van der Waals surface area contributed by atoms with E-state index >= 15 is 0 Å². The molecule has 0 radical (unpaired) electrons. The molecule has 0 atom stereocenters. The normalized spacial score (nSPS) is 10.5. The maximum absolute atomic E-state index is 9.07. The van der Waals surface area contributed by atoms with Crippen LogP contribution in [-0.4, -0.2) is 31.9 Å². The second kappa shape index (κ2) is 8.56. The Bertz CT molecular complexity index is 713. The second-order valence-electron chi connectivity index (χ2n) is 4.96. The van der Waals surface area contributed by atoms with Gasteiger partial charge in [0.25, 0.3) is 0 Å². The van der Waals surface area contributed by atoms with E-state index in [0.29, 0.717) is 52.8 Å². The zero-order valence-corrected chi connectivity index (χ0v) is 14.0. The molecule has 1 aromatic carbocycles. The number of fused-ring (bicyclic) bond motifs is 1. The molecule has 0 fully saturated rings.